The van der Waals surface area contributed by atoms with E-state index in [0.717, 1.165) is 6.61 Å². The Bertz CT molecular complexity index is 42.5. The Hall–Kier alpha value is 0.479. The van der Waals surface area contributed by atoms with Crippen molar-refractivity contribution in [3.8, 4) is 0 Å². The molecular formula is C8H19FeO-. The number of ether oxygens (including phenoxy) is 1. The van der Waals surface area contributed by atoms with Crippen LogP contribution in [0.3, 0.4) is 0 Å². The molecule has 2 heteroatoms. The van der Waals surface area contributed by atoms with Gasteiger partial charge in [0, 0.05) is 23.7 Å². The van der Waals surface area contributed by atoms with E-state index in [1.165, 1.54) is 12.8 Å². The smallest absolute Gasteiger partial charge is 0.0547 e. The summed E-state index contributed by atoms with van der Waals surface area (Å²) in [5.74, 6) is 0. The molecule has 0 aromatic carbocycles. The molecule has 0 bridgehead atoms. The van der Waals surface area contributed by atoms with Gasteiger partial charge in [0.2, 0.25) is 0 Å². The van der Waals surface area contributed by atoms with Crippen molar-refractivity contribution in [2.45, 2.75) is 39.7 Å². The maximum absolute atomic E-state index is 5.15. The van der Waals surface area contributed by atoms with Crippen LogP contribution in [0.4, 0.5) is 0 Å². The second-order valence-corrected chi connectivity index (χ2v) is 1.82. The summed E-state index contributed by atoms with van der Waals surface area (Å²) in [7, 11) is 0. The Morgan fingerprint density at radius 1 is 1.30 bits per heavy atom. The first kappa shape index (κ1) is 16.8. The second-order valence-electron chi connectivity index (χ2n) is 1.82. The molecule has 1 fully saturated rings. The van der Waals surface area contributed by atoms with Gasteiger partial charge in [-0.15, -0.1) is 0 Å². The minimum absolute atomic E-state index is 0. The van der Waals surface area contributed by atoms with Crippen LogP contribution in [0.2, 0.25) is 0 Å². The van der Waals surface area contributed by atoms with E-state index in [4.69, 9.17) is 4.74 Å². The molecule has 1 rings (SSSR count). The Morgan fingerprint density at radius 3 is 1.90 bits per heavy atom. The third-order valence-electron chi connectivity index (χ3n) is 1.16. The molecule has 10 heavy (non-hydrogen) atoms. The van der Waals surface area contributed by atoms with Crippen LogP contribution in [-0.2, 0) is 21.8 Å². The molecule has 0 radical (unpaired) electrons. The average Bonchev–Trinajstić information content (AvgIpc) is 2.24. The summed E-state index contributed by atoms with van der Waals surface area (Å²) in [4.78, 5) is 0. The van der Waals surface area contributed by atoms with Crippen LogP contribution < -0.4 is 0 Å². The van der Waals surface area contributed by atoms with Crippen LogP contribution >= 0.6 is 0 Å². The Morgan fingerprint density at radius 2 is 1.80 bits per heavy atom. The van der Waals surface area contributed by atoms with E-state index in [1.807, 2.05) is 13.8 Å². The average molecular weight is 187 g/mol. The minimum Gasteiger partial charge on any atom is -0.379 e. The fourth-order valence-electron chi connectivity index (χ4n) is 0.739. The summed E-state index contributed by atoms with van der Waals surface area (Å²) in [5.41, 5.74) is 0. The molecule has 1 unspecified atom stereocenters. The topological polar surface area (TPSA) is 9.23 Å². The fourth-order valence-corrected chi connectivity index (χ4v) is 0.739. The third-order valence-corrected chi connectivity index (χ3v) is 1.16. The monoisotopic (exact) mass is 187 g/mol. The van der Waals surface area contributed by atoms with Crippen molar-refractivity contribution >= 4 is 0 Å². The summed E-state index contributed by atoms with van der Waals surface area (Å²) < 4.78 is 5.15. The quantitative estimate of drug-likeness (QED) is 0.418. The summed E-state index contributed by atoms with van der Waals surface area (Å²) in [6, 6.07) is 0. The molecule has 0 aromatic rings. The number of hydrogen-bond donors (Lipinski definition) is 0. The van der Waals surface area contributed by atoms with Gasteiger partial charge < -0.3 is 12.2 Å². The van der Waals surface area contributed by atoms with Gasteiger partial charge in [-0.3, -0.25) is 0 Å². The van der Waals surface area contributed by atoms with Crippen molar-refractivity contribution in [2.75, 3.05) is 6.61 Å². The molecule has 1 nitrogen and oxygen atoms in total. The third kappa shape index (κ3) is 8.48. The molecule has 0 spiro atoms. The largest absolute Gasteiger partial charge is 0.379 e. The zero-order valence-electron chi connectivity index (χ0n) is 7.46. The van der Waals surface area contributed by atoms with Crippen LogP contribution in [0.15, 0.2) is 0 Å². The first-order chi connectivity index (χ1) is 3.89. The van der Waals surface area contributed by atoms with Crippen molar-refractivity contribution in [1.29, 1.82) is 0 Å². The first-order valence-electron chi connectivity index (χ1n) is 3.51. The van der Waals surface area contributed by atoms with E-state index < -0.39 is 0 Å². The van der Waals surface area contributed by atoms with Crippen LogP contribution in [0, 0.1) is 7.43 Å². The van der Waals surface area contributed by atoms with Gasteiger partial charge in [0.1, 0.15) is 0 Å². The molecule has 0 saturated carbocycles. The molecule has 0 aliphatic carbocycles. The molecule has 1 aliphatic rings. The van der Waals surface area contributed by atoms with E-state index in [0.29, 0.717) is 6.10 Å². The maximum atomic E-state index is 5.15. The van der Waals surface area contributed by atoms with Crippen LogP contribution in [0.5, 0.6) is 0 Å². The van der Waals surface area contributed by atoms with Crippen molar-refractivity contribution in [2.24, 2.45) is 0 Å². The van der Waals surface area contributed by atoms with Gasteiger partial charge in [0.05, 0.1) is 6.10 Å². The summed E-state index contributed by atoms with van der Waals surface area (Å²) in [6.45, 7) is 7.11. The van der Waals surface area contributed by atoms with Gasteiger partial charge in [-0.1, -0.05) is 13.8 Å². The molecule has 0 amide bonds. The Balaban J connectivity index is -0.000000114. The summed E-state index contributed by atoms with van der Waals surface area (Å²) in [6.07, 6.45) is 3.08. The van der Waals surface area contributed by atoms with E-state index >= 15 is 0 Å². The molecule has 0 aromatic heterocycles. The van der Waals surface area contributed by atoms with E-state index in [-0.39, 0.29) is 24.5 Å². The van der Waals surface area contributed by atoms with Crippen LogP contribution in [0.1, 0.15) is 33.6 Å². The maximum Gasteiger partial charge on any atom is 0.0547 e. The zero-order valence-corrected chi connectivity index (χ0v) is 8.56. The molecule has 0 N–H and O–H groups in total. The molecule has 1 saturated heterocycles. The standard InChI is InChI=1S/C5H10O.C2H6.CH3.Fe/c1-5-3-2-4-6-5;1-2;;/h5H,2-4H2,1H3;1-2H3;1H3;/q;;-1;. The predicted octanol–water partition coefficient (Wildman–Crippen LogP) is 2.66. The normalized spacial score (nSPS) is 21.3. The predicted molar refractivity (Wildman–Crippen MR) is 42.4 cm³/mol. The van der Waals surface area contributed by atoms with Crippen molar-refractivity contribution < 1.29 is 21.8 Å². The van der Waals surface area contributed by atoms with Crippen molar-refractivity contribution in [3.63, 3.8) is 0 Å². The van der Waals surface area contributed by atoms with Gasteiger partial charge >= 0.3 is 0 Å². The fraction of sp³-hybridized carbons (Fsp3) is 0.875. The van der Waals surface area contributed by atoms with Gasteiger partial charge in [0.15, 0.2) is 0 Å². The molecule has 66 valence electrons. The number of rotatable bonds is 0. The Labute approximate surface area is 76.0 Å². The van der Waals surface area contributed by atoms with Gasteiger partial charge in [0.25, 0.3) is 0 Å². The second kappa shape index (κ2) is 12.2. The van der Waals surface area contributed by atoms with Crippen LogP contribution in [-0.4, -0.2) is 12.7 Å². The van der Waals surface area contributed by atoms with Crippen molar-refractivity contribution in [1.82, 2.24) is 0 Å². The van der Waals surface area contributed by atoms with E-state index in [9.17, 15) is 0 Å². The first-order valence-corrected chi connectivity index (χ1v) is 3.51. The molecule has 1 atom stereocenters. The summed E-state index contributed by atoms with van der Waals surface area (Å²) in [5, 5.41) is 0. The van der Waals surface area contributed by atoms with Crippen LogP contribution in [0.25, 0.3) is 0 Å². The molecular weight excluding hydrogens is 168 g/mol. The van der Waals surface area contributed by atoms with E-state index in [1.54, 1.807) is 0 Å². The van der Waals surface area contributed by atoms with Gasteiger partial charge in [-0.05, 0) is 19.8 Å². The minimum atomic E-state index is 0. The van der Waals surface area contributed by atoms with Gasteiger partial charge in [-0.25, -0.2) is 0 Å². The molecule has 1 aliphatic heterocycles. The Kier molecular flexibility index (Phi) is 20.5. The van der Waals surface area contributed by atoms with Gasteiger partial charge in [-0.2, -0.15) is 0 Å². The molecule has 1 heterocycles. The van der Waals surface area contributed by atoms with E-state index in [2.05, 4.69) is 6.92 Å². The summed E-state index contributed by atoms with van der Waals surface area (Å²) >= 11 is 0. The zero-order chi connectivity index (χ0) is 6.41. The number of hydrogen-bond acceptors (Lipinski definition) is 1. The SMILES string of the molecule is CC.CC1CCCO1.[CH3-].[Fe]. The van der Waals surface area contributed by atoms with Crippen molar-refractivity contribution in [3.05, 3.63) is 7.43 Å².